The van der Waals surface area contributed by atoms with Crippen LogP contribution in [0.3, 0.4) is 0 Å². The number of hydrogen-bond donors (Lipinski definition) is 1. The molecule has 2 heteroatoms. The van der Waals surface area contributed by atoms with Crippen molar-refractivity contribution in [3.63, 3.8) is 0 Å². The van der Waals surface area contributed by atoms with Crippen LogP contribution in [0.2, 0.25) is 0 Å². The first-order chi connectivity index (χ1) is 9.05. The Balaban J connectivity index is 2.27. The third kappa shape index (κ3) is 3.38. The van der Waals surface area contributed by atoms with Crippen LogP contribution in [0.4, 0.5) is 0 Å². The lowest BCUT2D eigenvalue weighted by Gasteiger charge is -2.18. The third-order valence-corrected chi connectivity index (χ3v) is 3.54. The van der Waals surface area contributed by atoms with Gasteiger partial charge in [-0.05, 0) is 32.4 Å². The van der Waals surface area contributed by atoms with Gasteiger partial charge in [-0.1, -0.05) is 43.7 Å². The highest BCUT2D eigenvalue weighted by molar-refractivity contribution is 5.63. The Labute approximate surface area is 116 Å². The van der Waals surface area contributed by atoms with Gasteiger partial charge >= 0.3 is 0 Å². The Morgan fingerprint density at radius 1 is 1.37 bits per heavy atom. The van der Waals surface area contributed by atoms with Crippen molar-refractivity contribution in [2.24, 2.45) is 0 Å². The quantitative estimate of drug-likeness (QED) is 0.868. The van der Waals surface area contributed by atoms with Gasteiger partial charge in [0.25, 0.3) is 0 Å². The summed E-state index contributed by atoms with van der Waals surface area (Å²) in [5.41, 5.74) is 3.90. The molecule has 1 aromatic carbocycles. The van der Waals surface area contributed by atoms with E-state index in [2.05, 4.69) is 57.3 Å². The van der Waals surface area contributed by atoms with E-state index in [0.717, 1.165) is 31.7 Å². The van der Waals surface area contributed by atoms with E-state index in [-0.39, 0.29) is 5.60 Å². The summed E-state index contributed by atoms with van der Waals surface area (Å²) in [6, 6.07) is 6.47. The first kappa shape index (κ1) is 14.1. The minimum Gasteiger partial charge on any atom is -0.487 e. The third-order valence-electron chi connectivity index (χ3n) is 3.54. The second-order valence-electron chi connectivity index (χ2n) is 5.81. The van der Waals surface area contributed by atoms with E-state index in [9.17, 15) is 0 Å². The van der Waals surface area contributed by atoms with Gasteiger partial charge in [-0.2, -0.15) is 0 Å². The lowest BCUT2D eigenvalue weighted by molar-refractivity contribution is 0.138. The van der Waals surface area contributed by atoms with E-state index >= 15 is 0 Å². The van der Waals surface area contributed by atoms with Crippen molar-refractivity contribution in [2.75, 3.05) is 13.1 Å². The molecule has 104 valence electrons. The first-order valence-corrected chi connectivity index (χ1v) is 7.27. The molecule has 1 aliphatic rings. The fourth-order valence-electron chi connectivity index (χ4n) is 2.54. The van der Waals surface area contributed by atoms with E-state index in [4.69, 9.17) is 4.74 Å². The van der Waals surface area contributed by atoms with Crippen molar-refractivity contribution in [1.82, 2.24) is 5.32 Å². The summed E-state index contributed by atoms with van der Waals surface area (Å²) in [4.78, 5) is 0. The number of ether oxygens (including phenoxy) is 1. The number of para-hydroxylation sites is 1. The predicted molar refractivity (Wildman–Crippen MR) is 81.7 cm³/mol. The molecule has 0 fully saturated rings. The SMILES string of the molecule is CCNCC(=Cc1cccc2c1OC(C)(C)C2)CC. The standard InChI is InChI=1S/C17H25NO/c1-5-13(12-18-6-2)10-14-8-7-9-15-11-17(3,4)19-16(14)15/h7-10,18H,5-6,11-12H2,1-4H3. The molecule has 19 heavy (non-hydrogen) atoms. The van der Waals surface area contributed by atoms with Gasteiger partial charge < -0.3 is 10.1 Å². The molecule has 0 saturated carbocycles. The highest BCUT2D eigenvalue weighted by Crippen LogP contribution is 2.38. The lowest BCUT2D eigenvalue weighted by Crippen LogP contribution is -2.24. The molecule has 1 N–H and O–H groups in total. The molecular weight excluding hydrogens is 234 g/mol. The molecule has 0 radical (unpaired) electrons. The Morgan fingerprint density at radius 2 is 2.16 bits per heavy atom. The summed E-state index contributed by atoms with van der Waals surface area (Å²) in [5, 5.41) is 3.39. The van der Waals surface area contributed by atoms with Gasteiger partial charge in [0, 0.05) is 18.5 Å². The van der Waals surface area contributed by atoms with Gasteiger partial charge in [-0.3, -0.25) is 0 Å². The molecule has 0 aromatic heterocycles. The van der Waals surface area contributed by atoms with Gasteiger partial charge in [0.05, 0.1) is 0 Å². The second kappa shape index (κ2) is 5.79. The molecule has 0 saturated heterocycles. The number of nitrogens with one attached hydrogen (secondary N) is 1. The molecule has 0 unspecified atom stereocenters. The van der Waals surface area contributed by atoms with Crippen LogP contribution in [-0.2, 0) is 6.42 Å². The Morgan fingerprint density at radius 3 is 2.84 bits per heavy atom. The Hall–Kier alpha value is -1.28. The smallest absolute Gasteiger partial charge is 0.130 e. The van der Waals surface area contributed by atoms with E-state index in [0.29, 0.717) is 0 Å². The molecule has 2 nitrogen and oxygen atoms in total. The Kier molecular flexibility index (Phi) is 4.31. The van der Waals surface area contributed by atoms with Crippen LogP contribution in [0.1, 0.15) is 45.2 Å². The monoisotopic (exact) mass is 259 g/mol. The van der Waals surface area contributed by atoms with E-state index in [1.54, 1.807) is 0 Å². The largest absolute Gasteiger partial charge is 0.487 e. The predicted octanol–water partition coefficient (Wildman–Crippen LogP) is 3.80. The second-order valence-corrected chi connectivity index (χ2v) is 5.81. The topological polar surface area (TPSA) is 21.3 Å². The van der Waals surface area contributed by atoms with E-state index < -0.39 is 0 Å². The minimum absolute atomic E-state index is 0.0691. The molecule has 2 rings (SSSR count). The fourth-order valence-corrected chi connectivity index (χ4v) is 2.54. The normalized spacial score (nSPS) is 17.2. The summed E-state index contributed by atoms with van der Waals surface area (Å²) in [6.45, 7) is 10.6. The fraction of sp³-hybridized carbons (Fsp3) is 0.529. The van der Waals surface area contributed by atoms with Crippen molar-refractivity contribution in [3.05, 3.63) is 34.9 Å². The summed E-state index contributed by atoms with van der Waals surface area (Å²) < 4.78 is 6.11. The van der Waals surface area contributed by atoms with Crippen LogP contribution in [0.5, 0.6) is 5.75 Å². The molecule has 1 aromatic rings. The van der Waals surface area contributed by atoms with Gasteiger partial charge in [0.1, 0.15) is 11.4 Å². The van der Waals surface area contributed by atoms with Crippen LogP contribution in [-0.4, -0.2) is 18.7 Å². The van der Waals surface area contributed by atoms with Crippen LogP contribution >= 0.6 is 0 Å². The molecule has 0 bridgehead atoms. The van der Waals surface area contributed by atoms with Gasteiger partial charge in [0.2, 0.25) is 0 Å². The molecule has 0 atom stereocenters. The van der Waals surface area contributed by atoms with Crippen LogP contribution in [0, 0.1) is 0 Å². The first-order valence-electron chi connectivity index (χ1n) is 7.27. The lowest BCUT2D eigenvalue weighted by atomic mass is 9.99. The zero-order chi connectivity index (χ0) is 13.9. The number of benzene rings is 1. The summed E-state index contributed by atoms with van der Waals surface area (Å²) >= 11 is 0. The molecule has 0 aliphatic carbocycles. The maximum atomic E-state index is 6.11. The summed E-state index contributed by atoms with van der Waals surface area (Å²) in [5.74, 6) is 1.08. The Bertz CT molecular complexity index is 474. The number of hydrogen-bond acceptors (Lipinski definition) is 2. The number of rotatable bonds is 5. The highest BCUT2D eigenvalue weighted by Gasteiger charge is 2.31. The van der Waals surface area contributed by atoms with Gasteiger partial charge in [0.15, 0.2) is 0 Å². The van der Waals surface area contributed by atoms with E-state index in [1.807, 2.05) is 0 Å². The van der Waals surface area contributed by atoms with Crippen molar-refractivity contribution in [2.45, 2.75) is 46.1 Å². The molecule has 0 amide bonds. The summed E-state index contributed by atoms with van der Waals surface area (Å²) in [6.07, 6.45) is 4.35. The minimum atomic E-state index is -0.0691. The van der Waals surface area contributed by atoms with Crippen molar-refractivity contribution in [1.29, 1.82) is 0 Å². The van der Waals surface area contributed by atoms with Crippen LogP contribution in [0.25, 0.3) is 6.08 Å². The van der Waals surface area contributed by atoms with E-state index in [1.165, 1.54) is 16.7 Å². The number of likely N-dealkylation sites (N-methyl/N-ethyl adjacent to an activating group) is 1. The summed E-state index contributed by atoms with van der Waals surface area (Å²) in [7, 11) is 0. The van der Waals surface area contributed by atoms with Crippen LogP contribution < -0.4 is 10.1 Å². The van der Waals surface area contributed by atoms with Crippen molar-refractivity contribution >= 4 is 6.08 Å². The average molecular weight is 259 g/mol. The highest BCUT2D eigenvalue weighted by atomic mass is 16.5. The molecule has 1 aliphatic heterocycles. The van der Waals surface area contributed by atoms with Crippen molar-refractivity contribution in [3.8, 4) is 5.75 Å². The zero-order valence-electron chi connectivity index (χ0n) is 12.5. The van der Waals surface area contributed by atoms with Gasteiger partial charge in [-0.25, -0.2) is 0 Å². The van der Waals surface area contributed by atoms with Crippen molar-refractivity contribution < 1.29 is 4.74 Å². The van der Waals surface area contributed by atoms with Crippen LogP contribution in [0.15, 0.2) is 23.8 Å². The zero-order valence-corrected chi connectivity index (χ0v) is 12.5. The number of fused-ring (bicyclic) bond motifs is 1. The molecular formula is C17H25NO. The van der Waals surface area contributed by atoms with Gasteiger partial charge in [-0.15, -0.1) is 0 Å². The maximum absolute atomic E-state index is 6.11. The average Bonchev–Trinajstić information content (AvgIpc) is 2.69. The maximum Gasteiger partial charge on any atom is 0.130 e. The molecule has 1 heterocycles. The molecule has 0 spiro atoms.